The average Bonchev–Trinajstić information content (AvgIpc) is 2.93. The first-order chi connectivity index (χ1) is 9.08. The summed E-state index contributed by atoms with van der Waals surface area (Å²) in [5.74, 6) is 1.80. The lowest BCUT2D eigenvalue weighted by Gasteiger charge is -2.32. The predicted molar refractivity (Wildman–Crippen MR) is 74.7 cm³/mol. The van der Waals surface area contributed by atoms with Gasteiger partial charge in [0, 0.05) is 7.05 Å². The van der Waals surface area contributed by atoms with Crippen LogP contribution in [0, 0.1) is 5.92 Å². The van der Waals surface area contributed by atoms with Crippen LogP contribution >= 0.6 is 0 Å². The Labute approximate surface area is 115 Å². The molecular formula is C15H24N2O2. The van der Waals surface area contributed by atoms with E-state index in [4.69, 9.17) is 4.42 Å². The molecule has 4 heteroatoms. The van der Waals surface area contributed by atoms with Crippen molar-refractivity contribution in [3.63, 3.8) is 0 Å². The van der Waals surface area contributed by atoms with Crippen LogP contribution in [0.3, 0.4) is 0 Å². The summed E-state index contributed by atoms with van der Waals surface area (Å²) >= 11 is 0. The zero-order valence-corrected chi connectivity index (χ0v) is 12.1. The van der Waals surface area contributed by atoms with Crippen molar-refractivity contribution in [1.82, 2.24) is 9.80 Å². The van der Waals surface area contributed by atoms with E-state index in [1.165, 1.54) is 12.8 Å². The standard InChI is InChI=1S/C15H24N2O2/c1-12-6-8-17(9-7-12)11-15(18)16(3)13(2)14-5-4-10-19-14/h4-5,10,12-13H,6-9,11H2,1-3H3. The molecule has 0 spiro atoms. The Kier molecular flexibility index (Phi) is 4.64. The Morgan fingerprint density at radius 1 is 1.53 bits per heavy atom. The maximum atomic E-state index is 12.3. The number of likely N-dealkylation sites (N-methyl/N-ethyl adjacent to an activating group) is 1. The van der Waals surface area contributed by atoms with Crippen LogP contribution in [-0.4, -0.2) is 42.4 Å². The number of nitrogens with zero attached hydrogens (tertiary/aromatic N) is 2. The molecule has 1 atom stereocenters. The normalized spacial score (nSPS) is 19.3. The maximum absolute atomic E-state index is 12.3. The van der Waals surface area contributed by atoms with E-state index in [2.05, 4.69) is 11.8 Å². The zero-order chi connectivity index (χ0) is 13.8. The van der Waals surface area contributed by atoms with Gasteiger partial charge in [0.15, 0.2) is 0 Å². The van der Waals surface area contributed by atoms with Crippen LogP contribution in [-0.2, 0) is 4.79 Å². The fraction of sp³-hybridized carbons (Fsp3) is 0.667. The molecule has 2 heterocycles. The number of rotatable bonds is 4. The molecule has 1 aliphatic heterocycles. The first-order valence-electron chi connectivity index (χ1n) is 7.09. The molecule has 19 heavy (non-hydrogen) atoms. The highest BCUT2D eigenvalue weighted by Gasteiger charge is 2.23. The zero-order valence-electron chi connectivity index (χ0n) is 12.1. The monoisotopic (exact) mass is 264 g/mol. The summed E-state index contributed by atoms with van der Waals surface area (Å²) in [6.07, 6.45) is 4.05. The average molecular weight is 264 g/mol. The number of hydrogen-bond acceptors (Lipinski definition) is 3. The van der Waals surface area contributed by atoms with Crippen LogP contribution in [0.2, 0.25) is 0 Å². The lowest BCUT2D eigenvalue weighted by molar-refractivity contribution is -0.133. The molecule has 1 aromatic heterocycles. The summed E-state index contributed by atoms with van der Waals surface area (Å²) < 4.78 is 5.36. The second kappa shape index (κ2) is 6.24. The molecule has 2 rings (SSSR count). The van der Waals surface area contributed by atoms with Gasteiger partial charge in [0.2, 0.25) is 5.91 Å². The third kappa shape index (κ3) is 3.60. The quantitative estimate of drug-likeness (QED) is 0.838. The second-order valence-corrected chi connectivity index (χ2v) is 5.65. The van der Waals surface area contributed by atoms with Gasteiger partial charge in [-0.2, -0.15) is 0 Å². The van der Waals surface area contributed by atoms with Crippen molar-refractivity contribution >= 4 is 5.91 Å². The molecule has 1 saturated heterocycles. The van der Waals surface area contributed by atoms with E-state index in [1.807, 2.05) is 26.1 Å². The number of hydrogen-bond donors (Lipinski definition) is 0. The highest BCUT2D eigenvalue weighted by atomic mass is 16.3. The molecule has 0 bridgehead atoms. The molecule has 0 N–H and O–H groups in total. The third-order valence-corrected chi connectivity index (χ3v) is 4.16. The van der Waals surface area contributed by atoms with Gasteiger partial charge in [0.25, 0.3) is 0 Å². The van der Waals surface area contributed by atoms with Crippen molar-refractivity contribution in [3.05, 3.63) is 24.2 Å². The Balaban J connectivity index is 1.85. The number of furan rings is 1. The summed E-state index contributed by atoms with van der Waals surface area (Å²) in [6.45, 7) is 6.87. The van der Waals surface area contributed by atoms with Crippen LogP contribution < -0.4 is 0 Å². The molecule has 1 fully saturated rings. The largest absolute Gasteiger partial charge is 0.467 e. The van der Waals surface area contributed by atoms with Crippen LogP contribution in [0.25, 0.3) is 0 Å². The smallest absolute Gasteiger partial charge is 0.237 e. The minimum Gasteiger partial charge on any atom is -0.467 e. The first kappa shape index (κ1) is 14.1. The van der Waals surface area contributed by atoms with E-state index in [1.54, 1.807) is 11.2 Å². The summed E-state index contributed by atoms with van der Waals surface area (Å²) in [7, 11) is 1.85. The molecule has 1 amide bonds. The van der Waals surface area contributed by atoms with Crippen molar-refractivity contribution in [2.45, 2.75) is 32.7 Å². The van der Waals surface area contributed by atoms with Gasteiger partial charge >= 0.3 is 0 Å². The summed E-state index contributed by atoms with van der Waals surface area (Å²) in [5.41, 5.74) is 0. The number of amides is 1. The minimum absolute atomic E-state index is 0.00814. The maximum Gasteiger partial charge on any atom is 0.237 e. The minimum atomic E-state index is -0.00814. The Hall–Kier alpha value is -1.29. The van der Waals surface area contributed by atoms with Gasteiger partial charge in [-0.15, -0.1) is 0 Å². The summed E-state index contributed by atoms with van der Waals surface area (Å²) in [6, 6.07) is 3.76. The molecule has 0 saturated carbocycles. The van der Waals surface area contributed by atoms with E-state index in [9.17, 15) is 4.79 Å². The second-order valence-electron chi connectivity index (χ2n) is 5.65. The van der Waals surface area contributed by atoms with Crippen LogP contribution in [0.5, 0.6) is 0 Å². The van der Waals surface area contributed by atoms with E-state index in [0.717, 1.165) is 24.8 Å². The van der Waals surface area contributed by atoms with Gasteiger partial charge in [-0.3, -0.25) is 9.69 Å². The van der Waals surface area contributed by atoms with Gasteiger partial charge in [-0.1, -0.05) is 6.92 Å². The lowest BCUT2D eigenvalue weighted by atomic mass is 9.99. The molecule has 1 aromatic rings. The van der Waals surface area contributed by atoms with Crippen molar-refractivity contribution in [2.24, 2.45) is 5.92 Å². The number of carbonyl (C=O) groups is 1. The number of carbonyl (C=O) groups excluding carboxylic acids is 1. The molecule has 0 radical (unpaired) electrons. The van der Waals surface area contributed by atoms with Crippen LogP contribution in [0.4, 0.5) is 0 Å². The topological polar surface area (TPSA) is 36.7 Å². The fourth-order valence-corrected chi connectivity index (χ4v) is 2.46. The molecular weight excluding hydrogens is 240 g/mol. The summed E-state index contributed by atoms with van der Waals surface area (Å²) in [5, 5.41) is 0. The van der Waals surface area contributed by atoms with Crippen LogP contribution in [0.15, 0.2) is 22.8 Å². The van der Waals surface area contributed by atoms with Gasteiger partial charge in [-0.05, 0) is 50.9 Å². The number of likely N-dealkylation sites (tertiary alicyclic amines) is 1. The van der Waals surface area contributed by atoms with E-state index >= 15 is 0 Å². The van der Waals surface area contributed by atoms with E-state index < -0.39 is 0 Å². The van der Waals surface area contributed by atoms with E-state index in [0.29, 0.717) is 6.54 Å². The fourth-order valence-electron chi connectivity index (χ4n) is 2.46. The highest BCUT2D eigenvalue weighted by Crippen LogP contribution is 2.20. The highest BCUT2D eigenvalue weighted by molar-refractivity contribution is 5.78. The first-order valence-corrected chi connectivity index (χ1v) is 7.09. The van der Waals surface area contributed by atoms with Gasteiger partial charge < -0.3 is 9.32 Å². The molecule has 0 aromatic carbocycles. The van der Waals surface area contributed by atoms with Crippen molar-refractivity contribution in [3.8, 4) is 0 Å². The Morgan fingerprint density at radius 3 is 2.79 bits per heavy atom. The molecule has 1 unspecified atom stereocenters. The lowest BCUT2D eigenvalue weighted by Crippen LogP contribution is -2.42. The Bertz CT molecular complexity index is 394. The Morgan fingerprint density at radius 2 is 2.21 bits per heavy atom. The van der Waals surface area contributed by atoms with Gasteiger partial charge in [0.05, 0.1) is 18.8 Å². The van der Waals surface area contributed by atoms with Crippen molar-refractivity contribution < 1.29 is 9.21 Å². The third-order valence-electron chi connectivity index (χ3n) is 4.16. The molecule has 1 aliphatic rings. The summed E-state index contributed by atoms with van der Waals surface area (Å²) in [4.78, 5) is 16.3. The van der Waals surface area contributed by atoms with Crippen LogP contribution in [0.1, 0.15) is 38.5 Å². The van der Waals surface area contributed by atoms with Gasteiger partial charge in [0.1, 0.15) is 5.76 Å². The van der Waals surface area contributed by atoms with Crippen molar-refractivity contribution in [2.75, 3.05) is 26.7 Å². The van der Waals surface area contributed by atoms with Crippen molar-refractivity contribution in [1.29, 1.82) is 0 Å². The molecule has 106 valence electrons. The van der Waals surface area contributed by atoms with E-state index in [-0.39, 0.29) is 11.9 Å². The SMILES string of the molecule is CC1CCN(CC(=O)N(C)C(C)c2ccco2)CC1. The molecule has 4 nitrogen and oxygen atoms in total. The number of piperidine rings is 1. The predicted octanol–water partition coefficient (Wildman–Crippen LogP) is 2.53. The van der Waals surface area contributed by atoms with Gasteiger partial charge in [-0.25, -0.2) is 0 Å². The molecule has 0 aliphatic carbocycles.